The molecule has 7 heteroatoms. The van der Waals surface area contributed by atoms with Gasteiger partial charge in [-0.25, -0.2) is 0 Å². The van der Waals surface area contributed by atoms with Gasteiger partial charge in [0.25, 0.3) is 0 Å². The molecule has 0 amide bonds. The third kappa shape index (κ3) is 2.87. The zero-order valence-electron chi connectivity index (χ0n) is 12.7. The summed E-state index contributed by atoms with van der Waals surface area (Å²) in [4.78, 5) is 6.85. The summed E-state index contributed by atoms with van der Waals surface area (Å²) in [5.74, 6) is 1.53. The van der Waals surface area contributed by atoms with Crippen LogP contribution in [-0.4, -0.2) is 51.6 Å². The first-order chi connectivity index (χ1) is 10.2. The number of hydrogen-bond donors (Lipinski definition) is 2. The number of anilines is 1. The topological polar surface area (TPSA) is 82.6 Å². The summed E-state index contributed by atoms with van der Waals surface area (Å²) in [5.41, 5.74) is 2.70. The van der Waals surface area contributed by atoms with Gasteiger partial charge in [0.05, 0.1) is 11.4 Å². The first-order valence-corrected chi connectivity index (χ1v) is 7.33. The fraction of sp³-hybridized carbons (Fsp3) is 0.571. The summed E-state index contributed by atoms with van der Waals surface area (Å²) in [6.07, 6.45) is 2.24. The Kier molecular flexibility index (Phi) is 3.83. The van der Waals surface area contributed by atoms with Gasteiger partial charge in [0.15, 0.2) is 5.82 Å². The molecule has 1 saturated heterocycles. The van der Waals surface area contributed by atoms with Crippen molar-refractivity contribution in [2.75, 3.05) is 25.0 Å². The third-order valence-electron chi connectivity index (χ3n) is 4.02. The van der Waals surface area contributed by atoms with E-state index in [0.717, 1.165) is 54.7 Å². The van der Waals surface area contributed by atoms with Gasteiger partial charge in [-0.05, 0) is 39.8 Å². The van der Waals surface area contributed by atoms with E-state index in [0.29, 0.717) is 6.04 Å². The first-order valence-electron chi connectivity index (χ1n) is 7.33. The van der Waals surface area contributed by atoms with E-state index in [1.165, 1.54) is 0 Å². The van der Waals surface area contributed by atoms with Gasteiger partial charge >= 0.3 is 0 Å². The summed E-state index contributed by atoms with van der Waals surface area (Å²) in [5, 5.41) is 18.9. The quantitative estimate of drug-likeness (QED) is 0.878. The van der Waals surface area contributed by atoms with Crippen molar-refractivity contribution in [1.29, 1.82) is 0 Å². The zero-order valence-corrected chi connectivity index (χ0v) is 12.7. The molecule has 0 saturated carbocycles. The lowest BCUT2D eigenvalue weighted by Gasteiger charge is -2.30. The maximum absolute atomic E-state index is 4.63. The number of piperidine rings is 1. The van der Waals surface area contributed by atoms with Crippen LogP contribution < -0.4 is 10.2 Å². The van der Waals surface area contributed by atoms with Gasteiger partial charge < -0.3 is 10.2 Å². The average Bonchev–Trinajstić information content (AvgIpc) is 2.99. The smallest absolute Gasteiger partial charge is 0.245 e. The molecule has 3 rings (SSSR count). The van der Waals surface area contributed by atoms with Crippen molar-refractivity contribution in [3.05, 3.63) is 17.5 Å². The van der Waals surface area contributed by atoms with E-state index in [9.17, 15) is 0 Å². The van der Waals surface area contributed by atoms with Crippen molar-refractivity contribution in [2.24, 2.45) is 0 Å². The summed E-state index contributed by atoms with van der Waals surface area (Å²) in [6.45, 7) is 5.82. The molecule has 0 atom stereocenters. The van der Waals surface area contributed by atoms with Crippen LogP contribution in [0.3, 0.4) is 0 Å². The highest BCUT2D eigenvalue weighted by molar-refractivity contribution is 5.59. The Bertz CT molecular complexity index is 614. The van der Waals surface area contributed by atoms with Crippen LogP contribution in [0.4, 0.5) is 5.95 Å². The second kappa shape index (κ2) is 5.77. The molecule has 2 aromatic heterocycles. The van der Waals surface area contributed by atoms with Gasteiger partial charge in [-0.15, -0.1) is 5.10 Å². The predicted molar refractivity (Wildman–Crippen MR) is 81.2 cm³/mol. The lowest BCUT2D eigenvalue weighted by molar-refractivity contribution is 0.439. The number of rotatable bonds is 3. The summed E-state index contributed by atoms with van der Waals surface area (Å²) in [7, 11) is 2.02. The highest BCUT2D eigenvalue weighted by Crippen LogP contribution is 2.22. The van der Waals surface area contributed by atoms with Crippen molar-refractivity contribution in [3.8, 4) is 11.4 Å². The molecule has 0 radical (unpaired) electrons. The molecule has 1 fully saturated rings. The largest absolute Gasteiger partial charge is 0.339 e. The van der Waals surface area contributed by atoms with Gasteiger partial charge in [-0.2, -0.15) is 15.2 Å². The molecular weight excluding hydrogens is 266 g/mol. The predicted octanol–water partition coefficient (Wildman–Crippen LogP) is 1.07. The van der Waals surface area contributed by atoms with Crippen LogP contribution in [0.5, 0.6) is 0 Å². The number of aromatic amines is 1. The molecule has 3 heterocycles. The lowest BCUT2D eigenvalue weighted by atomic mass is 10.1. The number of H-pyrrole nitrogens is 1. The van der Waals surface area contributed by atoms with Crippen LogP contribution in [0.15, 0.2) is 6.07 Å². The number of nitrogens with zero attached hydrogens (tertiary/aromatic N) is 5. The van der Waals surface area contributed by atoms with Crippen LogP contribution in [-0.2, 0) is 0 Å². The molecule has 1 aliphatic rings. The van der Waals surface area contributed by atoms with E-state index in [2.05, 4.69) is 35.6 Å². The van der Waals surface area contributed by atoms with Gasteiger partial charge in [0, 0.05) is 24.7 Å². The second-order valence-electron chi connectivity index (χ2n) is 5.52. The van der Waals surface area contributed by atoms with Gasteiger partial charge in [0.1, 0.15) is 0 Å². The molecule has 2 aromatic rings. The summed E-state index contributed by atoms with van der Waals surface area (Å²) < 4.78 is 0. The van der Waals surface area contributed by atoms with E-state index in [1.54, 1.807) is 0 Å². The van der Waals surface area contributed by atoms with E-state index in [1.807, 2.05) is 27.0 Å². The zero-order chi connectivity index (χ0) is 14.8. The van der Waals surface area contributed by atoms with Gasteiger partial charge in [-0.3, -0.25) is 5.10 Å². The highest BCUT2D eigenvalue weighted by atomic mass is 15.4. The molecule has 1 aliphatic heterocycles. The molecule has 21 heavy (non-hydrogen) atoms. The van der Waals surface area contributed by atoms with Crippen molar-refractivity contribution in [2.45, 2.75) is 32.7 Å². The minimum absolute atomic E-state index is 0.606. The molecule has 7 nitrogen and oxygen atoms in total. The van der Waals surface area contributed by atoms with Crippen LogP contribution in [0, 0.1) is 13.8 Å². The molecule has 0 unspecified atom stereocenters. The lowest BCUT2D eigenvalue weighted by Crippen LogP contribution is -2.41. The minimum atomic E-state index is 0.606. The van der Waals surface area contributed by atoms with Gasteiger partial charge in [-0.1, -0.05) is 0 Å². The maximum Gasteiger partial charge on any atom is 0.245 e. The van der Waals surface area contributed by atoms with E-state index in [-0.39, 0.29) is 0 Å². The molecule has 0 aliphatic carbocycles. The number of nitrogens with one attached hydrogen (secondary N) is 2. The minimum Gasteiger partial charge on any atom is -0.339 e. The molecular formula is C14H21N7. The fourth-order valence-corrected chi connectivity index (χ4v) is 2.67. The summed E-state index contributed by atoms with van der Waals surface area (Å²) in [6, 6.07) is 2.59. The molecule has 0 aromatic carbocycles. The number of aromatic nitrogens is 5. The van der Waals surface area contributed by atoms with E-state index >= 15 is 0 Å². The second-order valence-corrected chi connectivity index (χ2v) is 5.52. The maximum atomic E-state index is 4.63. The summed E-state index contributed by atoms with van der Waals surface area (Å²) >= 11 is 0. The van der Waals surface area contributed by atoms with Crippen molar-refractivity contribution in [1.82, 2.24) is 30.7 Å². The molecule has 112 valence electrons. The van der Waals surface area contributed by atoms with Crippen molar-refractivity contribution in [3.63, 3.8) is 0 Å². The Morgan fingerprint density at radius 3 is 2.71 bits per heavy atom. The van der Waals surface area contributed by atoms with Crippen LogP contribution in [0.2, 0.25) is 0 Å². The molecule has 0 spiro atoms. The fourth-order valence-electron chi connectivity index (χ4n) is 2.67. The number of hydrogen-bond acceptors (Lipinski definition) is 6. The Morgan fingerprint density at radius 2 is 2.00 bits per heavy atom. The third-order valence-corrected chi connectivity index (χ3v) is 4.02. The van der Waals surface area contributed by atoms with Crippen molar-refractivity contribution >= 4 is 5.95 Å². The Labute approximate surface area is 124 Å². The van der Waals surface area contributed by atoms with E-state index in [4.69, 9.17) is 0 Å². The highest BCUT2D eigenvalue weighted by Gasteiger charge is 2.21. The first kappa shape index (κ1) is 13.9. The van der Waals surface area contributed by atoms with Gasteiger partial charge in [0.2, 0.25) is 5.95 Å². The van der Waals surface area contributed by atoms with Crippen molar-refractivity contribution < 1.29 is 0 Å². The van der Waals surface area contributed by atoms with Crippen LogP contribution in [0.1, 0.15) is 24.2 Å². The average molecular weight is 287 g/mol. The Hall–Kier alpha value is -2.02. The Morgan fingerprint density at radius 1 is 1.24 bits per heavy atom. The SMILES string of the molecule is CNC1CCN(c2n[nH]c(-c3cc(C)nnc3C)n2)CC1. The molecule has 0 bridgehead atoms. The van der Waals surface area contributed by atoms with Crippen LogP contribution >= 0.6 is 0 Å². The Balaban J connectivity index is 1.79. The van der Waals surface area contributed by atoms with E-state index < -0.39 is 0 Å². The normalized spacial score (nSPS) is 16.4. The standard InChI is InChI=1S/C14H21N7/c1-9-8-12(10(2)18-17-9)13-16-14(20-19-13)21-6-4-11(15-3)5-7-21/h8,11,15H,4-7H2,1-3H3,(H,16,19,20). The monoisotopic (exact) mass is 287 g/mol. The number of aryl methyl sites for hydroxylation is 2. The molecule has 2 N–H and O–H groups in total. The van der Waals surface area contributed by atoms with Crippen LogP contribution in [0.25, 0.3) is 11.4 Å².